The van der Waals surface area contributed by atoms with E-state index in [4.69, 9.17) is 9.47 Å². The maximum Gasteiger partial charge on any atom is 0.410 e. The molecule has 0 rings (SSSR count). The third-order valence-corrected chi connectivity index (χ3v) is 4.68. The summed E-state index contributed by atoms with van der Waals surface area (Å²) in [6.45, 7) is 6.76. The molecule has 0 aliphatic rings. The molecule has 1 amide bonds. The maximum atomic E-state index is 12.0. The second-order valence-electron chi connectivity index (χ2n) is 7.10. The third kappa shape index (κ3) is 13.0. The SMILES string of the molecule is CCCCCCCCCCCCOC(=O)C(C)N(C)C(=O)OCCCC. The Morgan fingerprint density at radius 3 is 1.73 bits per heavy atom. The fraction of sp³-hybridized carbons (Fsp3) is 0.905. The number of hydrogen-bond acceptors (Lipinski definition) is 4. The number of carbonyl (C=O) groups is 2. The molecule has 26 heavy (non-hydrogen) atoms. The Labute approximate surface area is 160 Å². The standard InChI is InChI=1S/C21H41NO4/c1-5-7-9-10-11-12-13-14-15-16-18-25-20(23)19(3)22(4)21(24)26-17-8-6-2/h19H,5-18H2,1-4H3. The minimum atomic E-state index is -0.618. The number of amides is 1. The third-order valence-electron chi connectivity index (χ3n) is 4.68. The van der Waals surface area contributed by atoms with E-state index in [1.807, 2.05) is 6.92 Å². The van der Waals surface area contributed by atoms with Gasteiger partial charge in [0.15, 0.2) is 0 Å². The molecule has 5 heteroatoms. The van der Waals surface area contributed by atoms with Crippen LogP contribution < -0.4 is 0 Å². The fourth-order valence-electron chi connectivity index (χ4n) is 2.60. The topological polar surface area (TPSA) is 55.8 Å². The van der Waals surface area contributed by atoms with E-state index in [2.05, 4.69) is 6.92 Å². The van der Waals surface area contributed by atoms with Crippen molar-refractivity contribution in [1.82, 2.24) is 4.90 Å². The van der Waals surface area contributed by atoms with Crippen molar-refractivity contribution < 1.29 is 19.1 Å². The molecule has 0 spiro atoms. The molecule has 0 saturated heterocycles. The van der Waals surface area contributed by atoms with Crippen molar-refractivity contribution in [3.05, 3.63) is 0 Å². The minimum absolute atomic E-state index is 0.365. The predicted octanol–water partition coefficient (Wildman–Crippen LogP) is 5.71. The fourth-order valence-corrected chi connectivity index (χ4v) is 2.60. The van der Waals surface area contributed by atoms with Gasteiger partial charge in [-0.05, 0) is 19.8 Å². The van der Waals surface area contributed by atoms with Crippen molar-refractivity contribution in [3.8, 4) is 0 Å². The Bertz CT molecular complexity index is 360. The molecule has 0 aliphatic carbocycles. The number of unbranched alkanes of at least 4 members (excludes halogenated alkanes) is 10. The highest BCUT2D eigenvalue weighted by atomic mass is 16.6. The van der Waals surface area contributed by atoms with Gasteiger partial charge in [-0.2, -0.15) is 0 Å². The first-order chi connectivity index (χ1) is 12.5. The van der Waals surface area contributed by atoms with E-state index in [9.17, 15) is 9.59 Å². The second-order valence-corrected chi connectivity index (χ2v) is 7.10. The van der Waals surface area contributed by atoms with Crippen LogP contribution in [-0.4, -0.2) is 43.3 Å². The van der Waals surface area contributed by atoms with Crippen molar-refractivity contribution in [2.45, 2.75) is 104 Å². The summed E-state index contributed by atoms with van der Waals surface area (Å²) in [5, 5.41) is 0. The number of rotatable bonds is 16. The van der Waals surface area contributed by atoms with Gasteiger partial charge in [0.05, 0.1) is 13.2 Å². The van der Waals surface area contributed by atoms with Crippen LogP contribution in [0.4, 0.5) is 4.79 Å². The van der Waals surface area contributed by atoms with Gasteiger partial charge >= 0.3 is 12.1 Å². The Morgan fingerprint density at radius 1 is 0.731 bits per heavy atom. The van der Waals surface area contributed by atoms with Crippen LogP contribution >= 0.6 is 0 Å². The van der Waals surface area contributed by atoms with E-state index >= 15 is 0 Å². The first kappa shape index (κ1) is 24.7. The molecule has 0 aromatic heterocycles. The van der Waals surface area contributed by atoms with Crippen LogP contribution in [-0.2, 0) is 14.3 Å². The number of hydrogen-bond donors (Lipinski definition) is 0. The summed E-state index contributed by atoms with van der Waals surface area (Å²) in [6.07, 6.45) is 13.8. The molecule has 0 aromatic carbocycles. The highest BCUT2D eigenvalue weighted by Crippen LogP contribution is 2.11. The summed E-state index contributed by atoms with van der Waals surface area (Å²) >= 11 is 0. The zero-order chi connectivity index (χ0) is 19.6. The summed E-state index contributed by atoms with van der Waals surface area (Å²) in [5.41, 5.74) is 0. The molecular formula is C21H41NO4. The zero-order valence-electron chi connectivity index (χ0n) is 17.6. The minimum Gasteiger partial charge on any atom is -0.464 e. The lowest BCUT2D eigenvalue weighted by Crippen LogP contribution is -2.41. The average molecular weight is 372 g/mol. The summed E-state index contributed by atoms with van der Waals surface area (Å²) in [7, 11) is 1.57. The first-order valence-corrected chi connectivity index (χ1v) is 10.6. The van der Waals surface area contributed by atoms with E-state index in [0.717, 1.165) is 25.7 Å². The second kappa shape index (κ2) is 17.2. The molecule has 0 aliphatic heterocycles. The summed E-state index contributed by atoms with van der Waals surface area (Å²) in [6, 6.07) is -0.618. The Balaban J connectivity index is 3.64. The van der Waals surface area contributed by atoms with Gasteiger partial charge in [-0.25, -0.2) is 9.59 Å². The monoisotopic (exact) mass is 371 g/mol. The van der Waals surface area contributed by atoms with Crippen molar-refractivity contribution in [2.75, 3.05) is 20.3 Å². The average Bonchev–Trinajstić information content (AvgIpc) is 2.64. The van der Waals surface area contributed by atoms with E-state index in [0.29, 0.717) is 13.2 Å². The summed E-state index contributed by atoms with van der Waals surface area (Å²) in [4.78, 5) is 25.1. The van der Waals surface area contributed by atoms with Gasteiger partial charge in [0.2, 0.25) is 0 Å². The van der Waals surface area contributed by atoms with Crippen LogP contribution in [0.1, 0.15) is 97.8 Å². The molecule has 0 saturated carbocycles. The lowest BCUT2D eigenvalue weighted by molar-refractivity contribution is -0.148. The molecule has 0 aromatic rings. The first-order valence-electron chi connectivity index (χ1n) is 10.6. The Morgan fingerprint density at radius 2 is 1.19 bits per heavy atom. The van der Waals surface area contributed by atoms with Gasteiger partial charge in [-0.1, -0.05) is 78.1 Å². The van der Waals surface area contributed by atoms with Gasteiger partial charge in [0.25, 0.3) is 0 Å². The van der Waals surface area contributed by atoms with Crippen LogP contribution in [0.25, 0.3) is 0 Å². The van der Waals surface area contributed by atoms with E-state index in [1.54, 1.807) is 14.0 Å². The largest absolute Gasteiger partial charge is 0.464 e. The lowest BCUT2D eigenvalue weighted by Gasteiger charge is -2.22. The van der Waals surface area contributed by atoms with Crippen molar-refractivity contribution in [3.63, 3.8) is 0 Å². The predicted molar refractivity (Wildman–Crippen MR) is 106 cm³/mol. The maximum absolute atomic E-state index is 12.0. The van der Waals surface area contributed by atoms with Gasteiger partial charge in [0.1, 0.15) is 6.04 Å². The van der Waals surface area contributed by atoms with E-state index in [-0.39, 0.29) is 5.97 Å². The van der Waals surface area contributed by atoms with Crippen LogP contribution in [0.3, 0.4) is 0 Å². The molecule has 0 fully saturated rings. The Hall–Kier alpha value is -1.26. The van der Waals surface area contributed by atoms with Gasteiger partial charge < -0.3 is 9.47 Å². The van der Waals surface area contributed by atoms with Crippen molar-refractivity contribution in [2.24, 2.45) is 0 Å². The smallest absolute Gasteiger partial charge is 0.410 e. The summed E-state index contributed by atoms with van der Waals surface area (Å²) < 4.78 is 10.4. The molecule has 0 bridgehead atoms. The van der Waals surface area contributed by atoms with Crippen molar-refractivity contribution in [1.29, 1.82) is 0 Å². The molecule has 154 valence electrons. The van der Waals surface area contributed by atoms with Gasteiger partial charge in [0, 0.05) is 7.05 Å². The molecule has 5 nitrogen and oxygen atoms in total. The van der Waals surface area contributed by atoms with Crippen molar-refractivity contribution >= 4 is 12.1 Å². The molecule has 0 radical (unpaired) electrons. The van der Waals surface area contributed by atoms with Crippen LogP contribution in [0.2, 0.25) is 0 Å². The number of ether oxygens (including phenoxy) is 2. The van der Waals surface area contributed by atoms with Gasteiger partial charge in [-0.3, -0.25) is 4.90 Å². The molecular weight excluding hydrogens is 330 g/mol. The molecule has 0 heterocycles. The highest BCUT2D eigenvalue weighted by Gasteiger charge is 2.24. The number of esters is 1. The van der Waals surface area contributed by atoms with E-state index < -0.39 is 12.1 Å². The van der Waals surface area contributed by atoms with Gasteiger partial charge in [-0.15, -0.1) is 0 Å². The normalized spacial score (nSPS) is 11.8. The number of carbonyl (C=O) groups excluding carboxylic acids is 2. The highest BCUT2D eigenvalue weighted by molar-refractivity contribution is 5.80. The zero-order valence-corrected chi connectivity index (χ0v) is 17.6. The van der Waals surface area contributed by atoms with Crippen LogP contribution in [0.5, 0.6) is 0 Å². The van der Waals surface area contributed by atoms with Crippen LogP contribution in [0.15, 0.2) is 0 Å². The molecule has 1 unspecified atom stereocenters. The molecule has 0 N–H and O–H groups in total. The number of nitrogens with zero attached hydrogens (tertiary/aromatic N) is 1. The summed E-state index contributed by atoms with van der Waals surface area (Å²) in [5.74, 6) is -0.365. The van der Waals surface area contributed by atoms with E-state index in [1.165, 1.54) is 56.3 Å². The quantitative estimate of drug-likeness (QED) is 0.258. The Kier molecular flexibility index (Phi) is 16.3. The lowest BCUT2D eigenvalue weighted by atomic mass is 10.1. The number of likely N-dealkylation sites (N-methyl/N-ethyl adjacent to an activating group) is 1. The van der Waals surface area contributed by atoms with Crippen LogP contribution in [0, 0.1) is 0 Å². The molecule has 1 atom stereocenters.